The topological polar surface area (TPSA) is 89.3 Å². The third kappa shape index (κ3) is 2.87. The lowest BCUT2D eigenvalue weighted by Gasteiger charge is -2.29. The number of rotatable bonds is 5. The van der Waals surface area contributed by atoms with E-state index in [-0.39, 0.29) is 6.16 Å². The number of hydrogen-bond donors (Lipinski definition) is 3. The molecule has 4 nitrogen and oxygen atoms in total. The summed E-state index contributed by atoms with van der Waals surface area (Å²) in [7, 11) is -3.18. The van der Waals surface area contributed by atoms with Crippen molar-refractivity contribution >= 4 is 7.37 Å². The maximum absolute atomic E-state index is 11.5. The van der Waals surface area contributed by atoms with Gasteiger partial charge in [-0.2, -0.15) is 0 Å². The SMILES string of the molecule is CCP(=O)(O)C(C)(N)CCCN. The second kappa shape index (κ2) is 4.38. The minimum atomic E-state index is -3.18. The largest absolute Gasteiger partial charge is 0.343 e. The van der Waals surface area contributed by atoms with Gasteiger partial charge in [-0.25, -0.2) is 0 Å². The van der Waals surface area contributed by atoms with Gasteiger partial charge in [0.1, 0.15) is 0 Å². The van der Waals surface area contributed by atoms with Crippen LogP contribution in [0.3, 0.4) is 0 Å². The van der Waals surface area contributed by atoms with Crippen molar-refractivity contribution < 1.29 is 9.46 Å². The van der Waals surface area contributed by atoms with Gasteiger partial charge in [0.15, 0.2) is 0 Å². The first kappa shape index (κ1) is 12.1. The summed E-state index contributed by atoms with van der Waals surface area (Å²) in [6.07, 6.45) is 1.42. The molecule has 0 spiro atoms. The first-order valence-corrected chi connectivity index (χ1v) is 6.02. The maximum Gasteiger partial charge on any atom is 0.219 e. The lowest BCUT2D eigenvalue weighted by Crippen LogP contribution is -2.37. The first-order valence-electron chi connectivity index (χ1n) is 4.18. The average molecular weight is 194 g/mol. The summed E-state index contributed by atoms with van der Waals surface area (Å²) in [6, 6.07) is 0. The average Bonchev–Trinajstić information content (AvgIpc) is 2.00. The van der Waals surface area contributed by atoms with E-state index < -0.39 is 12.6 Å². The zero-order valence-corrected chi connectivity index (χ0v) is 8.68. The zero-order valence-electron chi connectivity index (χ0n) is 7.79. The molecule has 12 heavy (non-hydrogen) atoms. The minimum absolute atomic E-state index is 0.227. The molecule has 0 rings (SSSR count). The molecule has 0 aromatic heterocycles. The molecule has 5 heteroatoms. The smallest absolute Gasteiger partial charge is 0.219 e. The summed E-state index contributed by atoms with van der Waals surface area (Å²) < 4.78 is 11.5. The third-order valence-electron chi connectivity index (χ3n) is 2.11. The quantitative estimate of drug-likeness (QED) is 0.562. The maximum atomic E-state index is 11.5. The summed E-state index contributed by atoms with van der Waals surface area (Å²) in [5, 5.41) is -0.971. The Morgan fingerprint density at radius 2 is 2.08 bits per heavy atom. The van der Waals surface area contributed by atoms with E-state index in [1.54, 1.807) is 13.8 Å². The molecule has 0 radical (unpaired) electrons. The monoisotopic (exact) mass is 194 g/mol. The molecule has 0 amide bonds. The molecule has 5 N–H and O–H groups in total. The zero-order chi connectivity index (χ0) is 9.83. The van der Waals surface area contributed by atoms with Crippen LogP contribution in [-0.4, -0.2) is 22.9 Å². The Bertz CT molecular complexity index is 182. The van der Waals surface area contributed by atoms with Crippen molar-refractivity contribution in [3.05, 3.63) is 0 Å². The summed E-state index contributed by atoms with van der Waals surface area (Å²) in [5.41, 5.74) is 11.0. The van der Waals surface area contributed by atoms with Gasteiger partial charge in [-0.3, -0.25) is 4.57 Å². The molecular formula is C7H19N2O2P. The van der Waals surface area contributed by atoms with Crippen LogP contribution in [0.15, 0.2) is 0 Å². The number of nitrogens with two attached hydrogens (primary N) is 2. The Labute approximate surface area is 73.8 Å². The predicted octanol–water partition coefficient (Wildman–Crippen LogP) is 0.691. The highest BCUT2D eigenvalue weighted by Crippen LogP contribution is 2.52. The normalized spacial score (nSPS) is 21.4. The Morgan fingerprint density at radius 1 is 1.58 bits per heavy atom. The highest BCUT2D eigenvalue weighted by Gasteiger charge is 2.37. The van der Waals surface area contributed by atoms with E-state index in [1.807, 2.05) is 0 Å². The van der Waals surface area contributed by atoms with Crippen LogP contribution in [0.25, 0.3) is 0 Å². The number of hydrogen-bond acceptors (Lipinski definition) is 3. The highest BCUT2D eigenvalue weighted by atomic mass is 31.2. The first-order chi connectivity index (χ1) is 5.37. The standard InChI is InChI=1S/C7H19N2O2P/c1-3-12(10,11)7(2,9)5-4-6-8/h3-6,8-9H2,1-2H3,(H,10,11). The molecular weight excluding hydrogens is 175 g/mol. The van der Waals surface area contributed by atoms with Crippen molar-refractivity contribution in [2.45, 2.75) is 32.0 Å². The van der Waals surface area contributed by atoms with Gasteiger partial charge in [-0.1, -0.05) is 6.92 Å². The van der Waals surface area contributed by atoms with Crippen LogP contribution in [0.5, 0.6) is 0 Å². The van der Waals surface area contributed by atoms with Gasteiger partial charge in [0.05, 0.1) is 5.28 Å². The van der Waals surface area contributed by atoms with E-state index in [2.05, 4.69) is 0 Å². The fourth-order valence-corrected chi connectivity index (χ4v) is 2.23. The molecule has 2 unspecified atom stereocenters. The molecule has 0 aromatic rings. The van der Waals surface area contributed by atoms with Crippen LogP contribution in [0.4, 0.5) is 0 Å². The van der Waals surface area contributed by atoms with Crippen LogP contribution in [0, 0.1) is 0 Å². The molecule has 0 aliphatic heterocycles. The van der Waals surface area contributed by atoms with E-state index in [1.165, 1.54) is 0 Å². The molecule has 0 bridgehead atoms. The van der Waals surface area contributed by atoms with Crippen molar-refractivity contribution in [2.75, 3.05) is 12.7 Å². The van der Waals surface area contributed by atoms with E-state index in [0.717, 1.165) is 0 Å². The molecule has 0 fully saturated rings. The second-order valence-corrected chi connectivity index (χ2v) is 6.32. The van der Waals surface area contributed by atoms with Gasteiger partial charge >= 0.3 is 0 Å². The van der Waals surface area contributed by atoms with Gasteiger partial charge in [0, 0.05) is 6.16 Å². The lowest BCUT2D eigenvalue weighted by atomic mass is 10.2. The Kier molecular flexibility index (Phi) is 4.42. The van der Waals surface area contributed by atoms with Crippen LogP contribution in [-0.2, 0) is 4.57 Å². The van der Waals surface area contributed by atoms with Crippen molar-refractivity contribution in [3.8, 4) is 0 Å². The predicted molar refractivity (Wildman–Crippen MR) is 51.2 cm³/mol. The van der Waals surface area contributed by atoms with Gasteiger partial charge < -0.3 is 16.4 Å². The van der Waals surface area contributed by atoms with Crippen LogP contribution in [0.2, 0.25) is 0 Å². The summed E-state index contributed by atoms with van der Waals surface area (Å²) >= 11 is 0. The van der Waals surface area contributed by atoms with Gasteiger partial charge in [-0.15, -0.1) is 0 Å². The van der Waals surface area contributed by atoms with E-state index in [9.17, 15) is 9.46 Å². The Hall–Kier alpha value is 0.110. The van der Waals surface area contributed by atoms with Gasteiger partial charge in [0.2, 0.25) is 7.37 Å². The van der Waals surface area contributed by atoms with Gasteiger partial charge in [-0.05, 0) is 26.3 Å². The van der Waals surface area contributed by atoms with Crippen LogP contribution < -0.4 is 11.5 Å². The van der Waals surface area contributed by atoms with Crippen molar-refractivity contribution in [3.63, 3.8) is 0 Å². The lowest BCUT2D eigenvalue weighted by molar-refractivity contribution is 0.416. The summed E-state index contributed by atoms with van der Waals surface area (Å²) in [6.45, 7) is 3.80. The molecule has 0 aliphatic rings. The van der Waals surface area contributed by atoms with E-state index >= 15 is 0 Å². The van der Waals surface area contributed by atoms with Crippen LogP contribution in [0.1, 0.15) is 26.7 Å². The molecule has 0 saturated carbocycles. The molecule has 0 aromatic carbocycles. The third-order valence-corrected chi connectivity index (χ3v) is 4.79. The Morgan fingerprint density at radius 3 is 2.42 bits per heavy atom. The molecule has 0 saturated heterocycles. The van der Waals surface area contributed by atoms with E-state index in [0.29, 0.717) is 19.4 Å². The molecule has 74 valence electrons. The fourth-order valence-electron chi connectivity index (χ4n) is 0.996. The summed E-state index contributed by atoms with van der Waals surface area (Å²) in [5.74, 6) is 0. The highest BCUT2D eigenvalue weighted by molar-refractivity contribution is 7.59. The van der Waals surface area contributed by atoms with Gasteiger partial charge in [0.25, 0.3) is 0 Å². The minimum Gasteiger partial charge on any atom is -0.343 e. The second-order valence-electron chi connectivity index (χ2n) is 3.27. The van der Waals surface area contributed by atoms with Crippen molar-refractivity contribution in [1.82, 2.24) is 0 Å². The molecule has 0 aliphatic carbocycles. The van der Waals surface area contributed by atoms with Crippen LogP contribution >= 0.6 is 7.37 Å². The summed E-state index contributed by atoms with van der Waals surface area (Å²) in [4.78, 5) is 9.47. The van der Waals surface area contributed by atoms with Crippen molar-refractivity contribution in [2.24, 2.45) is 11.5 Å². The van der Waals surface area contributed by atoms with E-state index in [4.69, 9.17) is 11.5 Å². The molecule has 2 atom stereocenters. The molecule has 0 heterocycles. The Balaban J connectivity index is 4.28. The fraction of sp³-hybridized carbons (Fsp3) is 1.00. The van der Waals surface area contributed by atoms with Crippen molar-refractivity contribution in [1.29, 1.82) is 0 Å².